The predicted molar refractivity (Wildman–Crippen MR) is 83.8 cm³/mol. The number of urea groups is 1. The average Bonchev–Trinajstić information content (AvgIpc) is 2.42. The van der Waals surface area contributed by atoms with Crippen molar-refractivity contribution in [2.24, 2.45) is 0 Å². The molecule has 1 atom stereocenters. The van der Waals surface area contributed by atoms with E-state index in [1.807, 2.05) is 0 Å². The van der Waals surface area contributed by atoms with Crippen LogP contribution in [0.3, 0.4) is 0 Å². The number of nitrogens with one attached hydrogen (secondary N) is 2. The van der Waals surface area contributed by atoms with Crippen LogP contribution in [0, 0.1) is 5.82 Å². The van der Waals surface area contributed by atoms with E-state index in [-0.39, 0.29) is 0 Å². The van der Waals surface area contributed by atoms with Crippen LogP contribution in [0.25, 0.3) is 0 Å². The summed E-state index contributed by atoms with van der Waals surface area (Å²) < 4.78 is 13.4. The molecule has 2 aromatic rings. The lowest BCUT2D eigenvalue weighted by Gasteiger charge is -2.11. The fourth-order valence-electron chi connectivity index (χ4n) is 1.75. The van der Waals surface area contributed by atoms with Gasteiger partial charge in [-0.3, -0.25) is 0 Å². The molecule has 3 N–H and O–H groups in total. The van der Waals surface area contributed by atoms with E-state index in [0.717, 1.165) is 0 Å². The van der Waals surface area contributed by atoms with E-state index in [1.54, 1.807) is 31.2 Å². The van der Waals surface area contributed by atoms with Crippen LogP contribution in [0.4, 0.5) is 20.6 Å². The monoisotopic (exact) mass is 352 g/mol. The Kier molecular flexibility index (Phi) is 4.93. The molecule has 0 heterocycles. The summed E-state index contributed by atoms with van der Waals surface area (Å²) in [6.07, 6.45) is -0.610. The largest absolute Gasteiger partial charge is 0.389 e. The molecule has 1 unspecified atom stereocenters. The molecule has 0 aliphatic heterocycles. The number of carbonyl (C=O) groups is 1. The predicted octanol–water partition coefficient (Wildman–Crippen LogP) is 4.29. The highest BCUT2D eigenvalue weighted by Gasteiger charge is 2.08. The third-order valence-electron chi connectivity index (χ3n) is 2.81. The number of anilines is 2. The van der Waals surface area contributed by atoms with Gasteiger partial charge >= 0.3 is 6.03 Å². The van der Waals surface area contributed by atoms with Gasteiger partial charge in [-0.25, -0.2) is 9.18 Å². The first-order valence-corrected chi connectivity index (χ1v) is 7.06. The number of hydrogen-bond acceptors (Lipinski definition) is 2. The Morgan fingerprint density at radius 2 is 2.00 bits per heavy atom. The van der Waals surface area contributed by atoms with Crippen molar-refractivity contribution in [3.05, 3.63) is 58.3 Å². The Hall–Kier alpha value is -1.92. The summed E-state index contributed by atoms with van der Waals surface area (Å²) in [6, 6.07) is 10.4. The van der Waals surface area contributed by atoms with E-state index in [1.165, 1.54) is 18.2 Å². The van der Waals surface area contributed by atoms with Gasteiger partial charge in [-0.2, -0.15) is 0 Å². The molecule has 6 heteroatoms. The standard InChI is InChI=1S/C15H14BrFN2O2/c1-9(20)10-3-2-4-12(7-10)18-15(21)19-14-6-5-11(17)8-13(14)16/h2-9,20H,1H3,(H2,18,19,21). The molecule has 0 saturated carbocycles. The normalized spacial score (nSPS) is 11.8. The van der Waals surface area contributed by atoms with Crippen LogP contribution in [-0.2, 0) is 0 Å². The third kappa shape index (κ3) is 4.27. The van der Waals surface area contributed by atoms with E-state index in [9.17, 15) is 14.3 Å². The molecule has 0 aromatic heterocycles. The van der Waals surface area contributed by atoms with E-state index >= 15 is 0 Å². The SMILES string of the molecule is CC(O)c1cccc(NC(=O)Nc2ccc(F)cc2Br)c1. The third-order valence-corrected chi connectivity index (χ3v) is 3.46. The molecule has 0 saturated heterocycles. The lowest BCUT2D eigenvalue weighted by molar-refractivity contribution is 0.199. The summed E-state index contributed by atoms with van der Waals surface area (Å²) in [5, 5.41) is 14.8. The second-order valence-electron chi connectivity index (χ2n) is 4.50. The first kappa shape index (κ1) is 15.5. The number of benzene rings is 2. The molecular formula is C15H14BrFN2O2. The van der Waals surface area contributed by atoms with Gasteiger partial charge in [-0.15, -0.1) is 0 Å². The highest BCUT2D eigenvalue weighted by molar-refractivity contribution is 9.10. The number of carbonyl (C=O) groups excluding carboxylic acids is 1. The molecule has 2 aromatic carbocycles. The van der Waals surface area contributed by atoms with Crippen LogP contribution < -0.4 is 10.6 Å². The second-order valence-corrected chi connectivity index (χ2v) is 5.36. The molecule has 0 spiro atoms. The summed E-state index contributed by atoms with van der Waals surface area (Å²) in [4.78, 5) is 11.9. The number of hydrogen-bond donors (Lipinski definition) is 3. The zero-order valence-corrected chi connectivity index (χ0v) is 12.8. The molecule has 0 aliphatic rings. The highest BCUT2D eigenvalue weighted by atomic mass is 79.9. The molecule has 0 bridgehead atoms. The average molecular weight is 353 g/mol. The fourth-order valence-corrected chi connectivity index (χ4v) is 2.20. The van der Waals surface area contributed by atoms with E-state index in [4.69, 9.17) is 0 Å². The minimum Gasteiger partial charge on any atom is -0.389 e. The lowest BCUT2D eigenvalue weighted by Crippen LogP contribution is -2.19. The maximum absolute atomic E-state index is 13.0. The first-order chi connectivity index (χ1) is 9.95. The summed E-state index contributed by atoms with van der Waals surface area (Å²) >= 11 is 3.18. The maximum atomic E-state index is 13.0. The molecule has 2 rings (SSSR count). The Morgan fingerprint density at radius 1 is 1.24 bits per heavy atom. The Bertz CT molecular complexity index is 662. The van der Waals surface area contributed by atoms with Crippen LogP contribution in [0.1, 0.15) is 18.6 Å². The maximum Gasteiger partial charge on any atom is 0.323 e. The second kappa shape index (κ2) is 6.69. The number of aliphatic hydroxyl groups is 1. The lowest BCUT2D eigenvalue weighted by atomic mass is 10.1. The highest BCUT2D eigenvalue weighted by Crippen LogP contribution is 2.23. The first-order valence-electron chi connectivity index (χ1n) is 6.27. The molecule has 0 fully saturated rings. The number of aliphatic hydroxyl groups excluding tert-OH is 1. The molecule has 110 valence electrons. The molecule has 2 amide bonds. The van der Waals surface area contributed by atoms with Crippen molar-refractivity contribution in [1.29, 1.82) is 0 Å². The zero-order valence-electron chi connectivity index (χ0n) is 11.2. The van der Waals surface area contributed by atoms with Crippen LogP contribution in [-0.4, -0.2) is 11.1 Å². The molecule has 0 aliphatic carbocycles. The van der Waals surface area contributed by atoms with Crippen LogP contribution in [0.2, 0.25) is 0 Å². The number of amides is 2. The van der Waals surface area contributed by atoms with Crippen molar-refractivity contribution in [2.75, 3.05) is 10.6 Å². The Balaban J connectivity index is 2.06. The minimum absolute atomic E-state index is 0.391. The number of halogens is 2. The Morgan fingerprint density at radius 3 is 2.67 bits per heavy atom. The van der Waals surface area contributed by atoms with Crippen molar-refractivity contribution in [2.45, 2.75) is 13.0 Å². The molecule has 0 radical (unpaired) electrons. The van der Waals surface area contributed by atoms with Crippen LogP contribution >= 0.6 is 15.9 Å². The van der Waals surface area contributed by atoms with Gasteiger partial charge in [0.05, 0.1) is 11.8 Å². The molecule has 4 nitrogen and oxygen atoms in total. The summed E-state index contributed by atoms with van der Waals surface area (Å²) in [5.74, 6) is -0.391. The van der Waals surface area contributed by atoms with Gasteiger partial charge in [0, 0.05) is 10.2 Å². The van der Waals surface area contributed by atoms with Gasteiger partial charge in [0.15, 0.2) is 0 Å². The van der Waals surface area contributed by atoms with Crippen molar-refractivity contribution in [3.63, 3.8) is 0 Å². The number of rotatable bonds is 3. The summed E-state index contributed by atoms with van der Waals surface area (Å²) in [7, 11) is 0. The van der Waals surface area contributed by atoms with Crippen molar-refractivity contribution >= 4 is 33.3 Å². The smallest absolute Gasteiger partial charge is 0.323 e. The van der Waals surface area contributed by atoms with Crippen molar-refractivity contribution in [1.82, 2.24) is 0 Å². The molecule has 21 heavy (non-hydrogen) atoms. The quantitative estimate of drug-likeness (QED) is 0.771. The summed E-state index contributed by atoms with van der Waals surface area (Å²) in [5.41, 5.74) is 1.72. The van der Waals surface area contributed by atoms with Crippen molar-refractivity contribution < 1.29 is 14.3 Å². The van der Waals surface area contributed by atoms with Gasteiger partial charge in [0.2, 0.25) is 0 Å². The van der Waals surface area contributed by atoms with E-state index in [0.29, 0.717) is 21.4 Å². The summed E-state index contributed by atoms with van der Waals surface area (Å²) in [6.45, 7) is 1.65. The van der Waals surface area contributed by atoms with Crippen LogP contribution in [0.15, 0.2) is 46.9 Å². The van der Waals surface area contributed by atoms with Gasteiger partial charge in [-0.1, -0.05) is 12.1 Å². The van der Waals surface area contributed by atoms with Gasteiger partial charge in [-0.05, 0) is 58.7 Å². The minimum atomic E-state index is -0.610. The fraction of sp³-hybridized carbons (Fsp3) is 0.133. The van der Waals surface area contributed by atoms with E-state index in [2.05, 4.69) is 26.6 Å². The molecular weight excluding hydrogens is 339 g/mol. The van der Waals surface area contributed by atoms with Gasteiger partial charge in [0.1, 0.15) is 5.82 Å². The Labute approximate surface area is 130 Å². The van der Waals surface area contributed by atoms with Crippen LogP contribution in [0.5, 0.6) is 0 Å². The topological polar surface area (TPSA) is 61.4 Å². The zero-order chi connectivity index (χ0) is 15.4. The van der Waals surface area contributed by atoms with Gasteiger partial charge in [0.25, 0.3) is 0 Å². The van der Waals surface area contributed by atoms with E-state index < -0.39 is 18.0 Å². The van der Waals surface area contributed by atoms with Crippen molar-refractivity contribution in [3.8, 4) is 0 Å². The van der Waals surface area contributed by atoms with Gasteiger partial charge < -0.3 is 15.7 Å².